The standard InChI is InChI=1S/C13H16O5/c1-13(2,11(14)12(15)16)8-5-6-9(17-3)10(7-8)18-4/h5-7H,1-4H3,(H,15,16). The molecule has 1 rings (SSSR count). The average Bonchev–Trinajstić information content (AvgIpc) is 2.36. The van der Waals surface area contributed by atoms with E-state index in [1.54, 1.807) is 32.0 Å². The normalized spacial score (nSPS) is 10.9. The maximum atomic E-state index is 11.6. The van der Waals surface area contributed by atoms with Gasteiger partial charge in [-0.15, -0.1) is 0 Å². The van der Waals surface area contributed by atoms with Crippen LogP contribution in [0.5, 0.6) is 11.5 Å². The fourth-order valence-electron chi connectivity index (χ4n) is 1.62. The number of ether oxygens (including phenoxy) is 2. The van der Waals surface area contributed by atoms with Crippen molar-refractivity contribution in [3.63, 3.8) is 0 Å². The summed E-state index contributed by atoms with van der Waals surface area (Å²) in [5.74, 6) is -1.33. The molecule has 1 aromatic rings. The van der Waals surface area contributed by atoms with Crippen LogP contribution in [0.2, 0.25) is 0 Å². The van der Waals surface area contributed by atoms with Crippen LogP contribution in [0.15, 0.2) is 18.2 Å². The zero-order valence-corrected chi connectivity index (χ0v) is 10.8. The zero-order valence-electron chi connectivity index (χ0n) is 10.8. The molecule has 1 aromatic carbocycles. The van der Waals surface area contributed by atoms with E-state index in [2.05, 4.69) is 0 Å². The van der Waals surface area contributed by atoms with E-state index in [0.717, 1.165) is 0 Å². The Morgan fingerprint density at radius 2 is 1.67 bits per heavy atom. The number of carboxylic acids is 1. The number of carboxylic acid groups (broad SMARTS) is 1. The predicted octanol–water partition coefficient (Wildman–Crippen LogP) is 1.64. The highest BCUT2D eigenvalue weighted by Crippen LogP contribution is 2.33. The van der Waals surface area contributed by atoms with Gasteiger partial charge in [0.05, 0.1) is 19.6 Å². The van der Waals surface area contributed by atoms with Gasteiger partial charge in [0.25, 0.3) is 0 Å². The Kier molecular flexibility index (Phi) is 3.96. The lowest BCUT2D eigenvalue weighted by atomic mass is 9.80. The molecule has 0 amide bonds. The number of hydrogen-bond acceptors (Lipinski definition) is 4. The second kappa shape index (κ2) is 5.08. The van der Waals surface area contributed by atoms with Crippen molar-refractivity contribution < 1.29 is 24.2 Å². The molecule has 0 saturated carbocycles. The molecular formula is C13H16O5. The van der Waals surface area contributed by atoms with Crippen molar-refractivity contribution in [2.75, 3.05) is 14.2 Å². The van der Waals surface area contributed by atoms with Crippen LogP contribution in [0, 0.1) is 0 Å². The summed E-state index contributed by atoms with van der Waals surface area (Å²) in [5, 5.41) is 8.80. The number of methoxy groups -OCH3 is 2. The summed E-state index contributed by atoms with van der Waals surface area (Å²) in [6.45, 7) is 3.12. The van der Waals surface area contributed by atoms with Crippen LogP contribution in [0.4, 0.5) is 0 Å². The van der Waals surface area contributed by atoms with E-state index in [9.17, 15) is 9.59 Å². The molecule has 5 heteroatoms. The summed E-state index contributed by atoms with van der Waals surface area (Å²) < 4.78 is 10.2. The van der Waals surface area contributed by atoms with Gasteiger partial charge in [-0.25, -0.2) is 4.79 Å². The molecular weight excluding hydrogens is 236 g/mol. The lowest BCUT2D eigenvalue weighted by Gasteiger charge is -2.22. The van der Waals surface area contributed by atoms with Crippen LogP contribution in [-0.2, 0) is 15.0 Å². The van der Waals surface area contributed by atoms with E-state index in [-0.39, 0.29) is 0 Å². The highest BCUT2D eigenvalue weighted by atomic mass is 16.5. The van der Waals surface area contributed by atoms with Crippen molar-refractivity contribution in [3.05, 3.63) is 23.8 Å². The third-order valence-corrected chi connectivity index (χ3v) is 2.87. The van der Waals surface area contributed by atoms with Crippen molar-refractivity contribution in [1.29, 1.82) is 0 Å². The minimum Gasteiger partial charge on any atom is -0.493 e. The number of carbonyl (C=O) groups excluding carboxylic acids is 1. The summed E-state index contributed by atoms with van der Waals surface area (Å²) >= 11 is 0. The number of rotatable bonds is 5. The van der Waals surface area contributed by atoms with Gasteiger partial charge in [0.1, 0.15) is 0 Å². The van der Waals surface area contributed by atoms with E-state index in [1.807, 2.05) is 0 Å². The summed E-state index contributed by atoms with van der Waals surface area (Å²) in [5.41, 5.74) is -0.557. The zero-order chi connectivity index (χ0) is 13.9. The third-order valence-electron chi connectivity index (χ3n) is 2.87. The number of hydrogen-bond donors (Lipinski definition) is 1. The van der Waals surface area contributed by atoms with Crippen molar-refractivity contribution in [2.45, 2.75) is 19.3 Å². The molecule has 98 valence electrons. The number of ketones is 1. The lowest BCUT2D eigenvalue weighted by molar-refractivity contribution is -0.151. The Labute approximate surface area is 105 Å². The lowest BCUT2D eigenvalue weighted by Crippen LogP contribution is -2.35. The highest BCUT2D eigenvalue weighted by Gasteiger charge is 2.35. The Bertz CT molecular complexity index is 476. The van der Waals surface area contributed by atoms with E-state index in [4.69, 9.17) is 14.6 Å². The number of Topliss-reactive ketones (excluding diaryl/α,β-unsaturated/α-hetero) is 1. The molecule has 0 fully saturated rings. The minimum atomic E-state index is -1.45. The van der Waals surface area contributed by atoms with Gasteiger partial charge >= 0.3 is 5.97 Å². The van der Waals surface area contributed by atoms with E-state index in [1.165, 1.54) is 14.2 Å². The van der Waals surface area contributed by atoms with E-state index < -0.39 is 17.2 Å². The molecule has 0 aliphatic carbocycles. The molecule has 0 aliphatic heterocycles. The Balaban J connectivity index is 3.25. The van der Waals surface area contributed by atoms with E-state index in [0.29, 0.717) is 17.1 Å². The summed E-state index contributed by atoms with van der Waals surface area (Å²) in [6, 6.07) is 4.91. The van der Waals surface area contributed by atoms with Gasteiger partial charge in [-0.05, 0) is 31.5 Å². The van der Waals surface area contributed by atoms with Crippen molar-refractivity contribution >= 4 is 11.8 Å². The van der Waals surface area contributed by atoms with Gasteiger partial charge in [-0.2, -0.15) is 0 Å². The van der Waals surface area contributed by atoms with Crippen LogP contribution < -0.4 is 9.47 Å². The molecule has 0 atom stereocenters. The first-order chi connectivity index (χ1) is 8.34. The molecule has 0 spiro atoms. The number of aliphatic carboxylic acids is 1. The molecule has 0 heterocycles. The van der Waals surface area contributed by atoms with E-state index >= 15 is 0 Å². The number of benzene rings is 1. The van der Waals surface area contributed by atoms with Crippen LogP contribution in [0.25, 0.3) is 0 Å². The van der Waals surface area contributed by atoms with Gasteiger partial charge in [-0.3, -0.25) is 4.79 Å². The van der Waals surface area contributed by atoms with Crippen molar-refractivity contribution in [3.8, 4) is 11.5 Å². The second-order valence-electron chi connectivity index (χ2n) is 4.33. The molecule has 0 unspecified atom stereocenters. The quantitative estimate of drug-likeness (QED) is 0.806. The molecule has 0 aromatic heterocycles. The second-order valence-corrected chi connectivity index (χ2v) is 4.33. The van der Waals surface area contributed by atoms with Crippen molar-refractivity contribution in [1.82, 2.24) is 0 Å². The maximum Gasteiger partial charge on any atom is 0.373 e. The van der Waals surface area contributed by atoms with Crippen molar-refractivity contribution in [2.24, 2.45) is 0 Å². The minimum absolute atomic E-state index is 0.460. The number of carbonyl (C=O) groups is 2. The molecule has 5 nitrogen and oxygen atoms in total. The summed E-state index contributed by atoms with van der Waals surface area (Å²) in [4.78, 5) is 22.4. The largest absolute Gasteiger partial charge is 0.493 e. The first kappa shape index (κ1) is 14.0. The van der Waals surface area contributed by atoms with Gasteiger partial charge < -0.3 is 14.6 Å². The van der Waals surface area contributed by atoms with Gasteiger partial charge in [0, 0.05) is 0 Å². The predicted molar refractivity (Wildman–Crippen MR) is 65.2 cm³/mol. The molecule has 0 aliphatic rings. The smallest absolute Gasteiger partial charge is 0.373 e. The Morgan fingerprint density at radius 1 is 1.11 bits per heavy atom. The molecule has 18 heavy (non-hydrogen) atoms. The SMILES string of the molecule is COc1ccc(C(C)(C)C(=O)C(=O)O)cc1OC. The van der Waals surface area contributed by atoms with Crippen LogP contribution in [0.3, 0.4) is 0 Å². The van der Waals surface area contributed by atoms with Crippen LogP contribution >= 0.6 is 0 Å². The third kappa shape index (κ3) is 2.45. The first-order valence-electron chi connectivity index (χ1n) is 5.34. The highest BCUT2D eigenvalue weighted by molar-refractivity contribution is 6.36. The Hall–Kier alpha value is -2.04. The van der Waals surface area contributed by atoms with Gasteiger partial charge in [0.15, 0.2) is 11.5 Å². The first-order valence-corrected chi connectivity index (χ1v) is 5.34. The average molecular weight is 252 g/mol. The molecule has 1 N–H and O–H groups in total. The van der Waals surface area contributed by atoms with Crippen LogP contribution in [0.1, 0.15) is 19.4 Å². The molecule has 0 radical (unpaired) electrons. The topological polar surface area (TPSA) is 72.8 Å². The van der Waals surface area contributed by atoms with Gasteiger partial charge in [-0.1, -0.05) is 6.07 Å². The molecule has 0 bridgehead atoms. The fraction of sp³-hybridized carbons (Fsp3) is 0.385. The monoisotopic (exact) mass is 252 g/mol. The summed E-state index contributed by atoms with van der Waals surface area (Å²) in [6.07, 6.45) is 0. The Morgan fingerprint density at radius 3 is 2.11 bits per heavy atom. The maximum absolute atomic E-state index is 11.6. The van der Waals surface area contributed by atoms with Crippen LogP contribution in [-0.4, -0.2) is 31.1 Å². The summed E-state index contributed by atoms with van der Waals surface area (Å²) in [7, 11) is 2.98. The molecule has 0 saturated heterocycles. The van der Waals surface area contributed by atoms with Gasteiger partial charge in [0.2, 0.25) is 5.78 Å². The fourth-order valence-corrected chi connectivity index (χ4v) is 1.62.